The van der Waals surface area contributed by atoms with Crippen LogP contribution >= 0.6 is 81.2 Å². The summed E-state index contributed by atoms with van der Waals surface area (Å²) in [5.41, 5.74) is 0.103. The quantitative estimate of drug-likeness (QED) is 0.0445. The Kier molecular flexibility index (Phi) is 20.5. The number of alkyl halides is 7. The van der Waals surface area contributed by atoms with Crippen molar-refractivity contribution < 1.29 is 71.3 Å². The first kappa shape index (κ1) is 56.2. The summed E-state index contributed by atoms with van der Waals surface area (Å²) in [6.45, 7) is 3.96. The van der Waals surface area contributed by atoms with Crippen molar-refractivity contribution in [3.63, 3.8) is 0 Å². The molecule has 3 aromatic carbocycles. The van der Waals surface area contributed by atoms with Crippen molar-refractivity contribution in [1.82, 2.24) is 5.32 Å². The van der Waals surface area contributed by atoms with Crippen LogP contribution in [0.3, 0.4) is 0 Å². The van der Waals surface area contributed by atoms with Gasteiger partial charge < -0.3 is 52.7 Å². The Hall–Kier alpha value is -3.69. The van der Waals surface area contributed by atoms with Gasteiger partial charge in [0.2, 0.25) is 12.2 Å². The Labute approximate surface area is 432 Å². The molecule has 0 aromatic heterocycles. The number of rotatable bonds is 17. The summed E-state index contributed by atoms with van der Waals surface area (Å²) in [7, 11) is 1.02. The van der Waals surface area contributed by atoms with E-state index < -0.39 is 123 Å². The number of nitrogens with one attached hydrogen (secondary N) is 2. The second-order valence-corrected chi connectivity index (χ2v) is 21.1. The van der Waals surface area contributed by atoms with Crippen LogP contribution in [0.5, 0.6) is 0 Å². The number of carbonyl (C=O) groups is 5. The molecule has 24 heteroatoms. The number of carbonyl (C=O) groups excluding carboxylic acids is 5. The maximum absolute atomic E-state index is 14.1. The highest BCUT2D eigenvalue weighted by Crippen LogP contribution is 2.38. The van der Waals surface area contributed by atoms with Crippen LogP contribution in [0.4, 0.5) is 0 Å². The third kappa shape index (κ3) is 15.9. The first-order valence-electron chi connectivity index (χ1n) is 20.8. The first-order chi connectivity index (χ1) is 32.5. The number of methoxy groups -OCH3 is 1. The predicted molar refractivity (Wildman–Crippen MR) is 252 cm³/mol. The average molecular weight is 1100 g/mol. The number of halogens is 7. The lowest BCUT2D eigenvalue weighted by Gasteiger charge is -2.49. The molecule has 2 aliphatic heterocycles. The summed E-state index contributed by atoms with van der Waals surface area (Å²) in [4.78, 5) is 68.6. The van der Waals surface area contributed by atoms with E-state index in [2.05, 4.69) is 5.32 Å². The summed E-state index contributed by atoms with van der Waals surface area (Å²) in [5.74, 6) is -7.07. The Morgan fingerprint density at radius 1 is 0.667 bits per heavy atom. The normalized spacial score (nSPS) is 25.1. The molecule has 376 valence electrons. The molecule has 2 N–H and O–H groups in total. The topological polar surface area (TPSA) is 214 Å². The van der Waals surface area contributed by atoms with E-state index in [-0.39, 0.29) is 18.8 Å². The Morgan fingerprint density at radius 2 is 1.25 bits per heavy atom. The molecule has 0 radical (unpaired) electrons. The smallest absolute Gasteiger partial charge is 0.339 e. The van der Waals surface area contributed by atoms with E-state index in [1.54, 1.807) is 99.6 Å². The molecule has 5 rings (SSSR count). The van der Waals surface area contributed by atoms with Crippen LogP contribution in [0.2, 0.25) is 0 Å². The van der Waals surface area contributed by atoms with E-state index in [4.69, 9.17) is 134 Å². The van der Waals surface area contributed by atoms with Gasteiger partial charge >= 0.3 is 23.9 Å². The van der Waals surface area contributed by atoms with Crippen molar-refractivity contribution in [3.05, 3.63) is 108 Å². The van der Waals surface area contributed by atoms with Crippen molar-refractivity contribution in [2.75, 3.05) is 19.6 Å². The van der Waals surface area contributed by atoms with Crippen LogP contribution < -0.4 is 5.32 Å². The van der Waals surface area contributed by atoms with Crippen molar-refractivity contribution >= 4 is 117 Å². The van der Waals surface area contributed by atoms with Gasteiger partial charge in [-0.3, -0.25) is 19.8 Å². The summed E-state index contributed by atoms with van der Waals surface area (Å²) >= 11 is 42.3. The molecule has 0 spiro atoms. The van der Waals surface area contributed by atoms with Crippen molar-refractivity contribution in [2.45, 2.75) is 103 Å². The second-order valence-electron chi connectivity index (χ2n) is 16.2. The van der Waals surface area contributed by atoms with Crippen LogP contribution in [-0.2, 0) is 79.8 Å². The predicted octanol–water partition coefficient (Wildman–Crippen LogP) is 7.35. The molecule has 2 fully saturated rings. The summed E-state index contributed by atoms with van der Waals surface area (Å²) in [6.07, 6.45) is -16.3. The fourth-order valence-electron chi connectivity index (χ4n) is 6.72. The summed E-state index contributed by atoms with van der Waals surface area (Å²) in [5, 5.41) is 11.0. The Balaban J connectivity index is 1.74. The van der Waals surface area contributed by atoms with Gasteiger partial charge in [0.25, 0.3) is 13.5 Å². The molecule has 3 aromatic rings. The highest BCUT2D eigenvalue weighted by atomic mass is 35.6. The third-order valence-electron chi connectivity index (χ3n) is 10.1. The molecular formula is C45H47Cl7N2O15. The van der Waals surface area contributed by atoms with Crippen LogP contribution in [0, 0.1) is 10.8 Å². The first-order valence-corrected chi connectivity index (χ1v) is 23.6. The minimum absolute atomic E-state index is 0.0119. The molecule has 0 saturated carbocycles. The van der Waals surface area contributed by atoms with E-state index in [1.165, 1.54) is 12.1 Å². The summed E-state index contributed by atoms with van der Waals surface area (Å²) < 4.78 is 55.5. The summed E-state index contributed by atoms with van der Waals surface area (Å²) in [6, 6.07) is 23.3. The lowest BCUT2D eigenvalue weighted by molar-refractivity contribution is -0.341. The molecule has 2 heterocycles. The van der Waals surface area contributed by atoms with Crippen LogP contribution in [0.25, 0.3) is 0 Å². The van der Waals surface area contributed by atoms with Gasteiger partial charge in [-0.15, -0.1) is 11.6 Å². The van der Waals surface area contributed by atoms with Crippen LogP contribution in [0.15, 0.2) is 91.0 Å². The molecule has 69 heavy (non-hydrogen) atoms. The largest absolute Gasteiger partial charge is 0.467 e. The van der Waals surface area contributed by atoms with Crippen molar-refractivity contribution in [3.8, 4) is 0 Å². The fraction of sp³-hybridized carbons (Fsp3) is 0.467. The Morgan fingerprint density at radius 3 is 1.78 bits per heavy atom. The third-order valence-corrected chi connectivity index (χ3v) is 11.3. The fourth-order valence-corrected chi connectivity index (χ4v) is 7.08. The molecule has 10 atom stereocenters. The number of hydrogen-bond acceptors (Lipinski definition) is 16. The highest BCUT2D eigenvalue weighted by Gasteiger charge is 2.59. The van der Waals surface area contributed by atoms with E-state index in [0.29, 0.717) is 5.56 Å². The van der Waals surface area contributed by atoms with Crippen molar-refractivity contribution in [2.24, 2.45) is 5.41 Å². The van der Waals surface area contributed by atoms with Gasteiger partial charge in [-0.25, -0.2) is 9.59 Å². The van der Waals surface area contributed by atoms with Gasteiger partial charge in [-0.1, -0.05) is 148 Å². The SMILES string of the molecule is COC(=O)[C@@H]1O[C@@H](O[C@@H]2[C@@H](NC(=O)C(Cl)(Cl)Cl)[C@@H](OC(=N)C(Cl)(Cl)Cl)O[C@H](COCc3ccccc3)[C@@H]2OC(=O)C(C)(C)C)[C@H](OC(=O)c2ccccc2)[C@@H](OCc2ccccc2)[C@@H]1OC(=O)CCl. The molecular weight excluding hydrogens is 1060 g/mol. The standard InChI is InChI=1S/C45H47Cl7N2O15/c1-43(2,3)42(59)68-30-27(23-61-21-24-14-8-5-9-15-24)63-38(69-40(53)44(47,48)49)29(54-41(58)45(50,51)52)31(30)66-39-35(65-36(56)26-18-12-7-13-19-26)32(62-22-25-16-10-6-11-17-25)33(64-28(55)20-46)34(67-39)37(57)60-4/h5-19,27,29-35,38-39,53H,20-23H2,1-4H3,(H,54,58)/t27-,29-,30+,31-,32+,33+,34-,35-,38-,39-/m1/s1. The van der Waals surface area contributed by atoms with Gasteiger partial charge in [0.15, 0.2) is 30.7 Å². The van der Waals surface area contributed by atoms with Gasteiger partial charge in [-0.05, 0) is 44.0 Å². The number of ether oxygens (including phenoxy) is 10. The molecule has 2 saturated heterocycles. The van der Waals surface area contributed by atoms with Gasteiger partial charge in [0, 0.05) is 0 Å². The lowest BCUT2D eigenvalue weighted by atomic mass is 9.93. The van der Waals surface area contributed by atoms with Crippen LogP contribution in [-0.4, -0.2) is 124 Å². The maximum atomic E-state index is 14.1. The Bertz CT molecular complexity index is 2220. The van der Waals surface area contributed by atoms with E-state index in [0.717, 1.165) is 12.7 Å². The minimum Gasteiger partial charge on any atom is -0.467 e. The van der Waals surface area contributed by atoms with E-state index in [1.807, 2.05) is 0 Å². The second kappa shape index (κ2) is 25.1. The van der Waals surface area contributed by atoms with Gasteiger partial charge in [0.1, 0.15) is 30.2 Å². The van der Waals surface area contributed by atoms with E-state index in [9.17, 15) is 24.0 Å². The monoisotopic (exact) mass is 1100 g/mol. The van der Waals surface area contributed by atoms with E-state index >= 15 is 0 Å². The zero-order chi connectivity index (χ0) is 50.7. The molecule has 17 nitrogen and oxygen atoms in total. The minimum atomic E-state index is -2.70. The number of amides is 1. The van der Waals surface area contributed by atoms with Crippen molar-refractivity contribution in [1.29, 1.82) is 5.41 Å². The lowest BCUT2D eigenvalue weighted by Crippen LogP contribution is -2.70. The zero-order valence-corrected chi connectivity index (χ0v) is 42.3. The van der Waals surface area contributed by atoms with Crippen LogP contribution in [0.1, 0.15) is 42.3 Å². The zero-order valence-electron chi connectivity index (χ0n) is 37.0. The molecule has 2 aliphatic rings. The highest BCUT2D eigenvalue weighted by molar-refractivity contribution is 6.76. The molecule has 0 bridgehead atoms. The molecule has 0 unspecified atom stereocenters. The number of esters is 4. The average Bonchev–Trinajstić information content (AvgIpc) is 3.30. The molecule has 1 amide bonds. The van der Waals surface area contributed by atoms with Gasteiger partial charge in [-0.2, -0.15) is 0 Å². The molecule has 0 aliphatic carbocycles. The maximum Gasteiger partial charge on any atom is 0.339 e. The number of benzene rings is 3. The van der Waals surface area contributed by atoms with Gasteiger partial charge in [0.05, 0.1) is 37.9 Å². The number of hydrogen-bond donors (Lipinski definition) is 2.